The minimum Gasteiger partial charge on any atom is -0.497 e. The van der Waals surface area contributed by atoms with Crippen molar-refractivity contribution in [1.82, 2.24) is 10.2 Å². The molecule has 2 N–H and O–H groups in total. The van der Waals surface area contributed by atoms with Crippen molar-refractivity contribution in [3.8, 4) is 11.5 Å². The summed E-state index contributed by atoms with van der Waals surface area (Å²) in [6, 6.07) is 16.1. The molecule has 134 valence electrons. The number of nitrogens with one attached hydrogen (secondary N) is 2. The Kier molecular flexibility index (Phi) is 5.65. The van der Waals surface area contributed by atoms with Crippen LogP contribution in [0.4, 0.5) is 15.6 Å². The maximum atomic E-state index is 12.1. The second kappa shape index (κ2) is 8.30. The molecule has 0 spiro atoms. The van der Waals surface area contributed by atoms with E-state index in [1.165, 1.54) is 11.3 Å². The quantitative estimate of drug-likeness (QED) is 0.674. The molecule has 2 amide bonds. The number of nitrogens with zero attached hydrogens (tertiary/aromatic N) is 2. The topological polar surface area (TPSA) is 85.4 Å². The smallest absolute Gasteiger partial charge is 0.325 e. The van der Waals surface area contributed by atoms with Crippen molar-refractivity contribution in [3.05, 3.63) is 59.6 Å². The van der Waals surface area contributed by atoms with Gasteiger partial charge in [-0.1, -0.05) is 29.5 Å². The number of urea groups is 1. The van der Waals surface area contributed by atoms with Crippen LogP contribution in [0.2, 0.25) is 0 Å². The fraction of sp³-hybridized carbons (Fsp3) is 0.167. The lowest BCUT2D eigenvalue weighted by Gasteiger charge is -2.11. The summed E-state index contributed by atoms with van der Waals surface area (Å²) in [5, 5.41) is 14.5. The highest BCUT2D eigenvalue weighted by molar-refractivity contribution is 7.15. The molecular weight excluding hydrogens is 352 g/mol. The number of hydrogen-bond donors (Lipinski definition) is 2. The molecule has 0 bridgehead atoms. The first-order chi connectivity index (χ1) is 12.6. The molecule has 0 saturated heterocycles. The molecule has 0 radical (unpaired) electrons. The zero-order chi connectivity index (χ0) is 18.4. The van der Waals surface area contributed by atoms with E-state index in [2.05, 4.69) is 20.8 Å². The Hall–Kier alpha value is -3.13. The highest BCUT2D eigenvalue weighted by Gasteiger charge is 2.15. The van der Waals surface area contributed by atoms with E-state index in [1.807, 2.05) is 37.3 Å². The van der Waals surface area contributed by atoms with Crippen molar-refractivity contribution in [2.45, 2.75) is 13.0 Å². The maximum absolute atomic E-state index is 12.1. The summed E-state index contributed by atoms with van der Waals surface area (Å²) < 4.78 is 10.9. The van der Waals surface area contributed by atoms with Crippen LogP contribution in [0, 0.1) is 0 Å². The van der Waals surface area contributed by atoms with Gasteiger partial charge in [-0.3, -0.25) is 5.32 Å². The molecule has 1 atom stereocenters. The Morgan fingerprint density at radius 1 is 1.00 bits per heavy atom. The first-order valence-corrected chi connectivity index (χ1v) is 8.73. The zero-order valence-electron chi connectivity index (χ0n) is 14.3. The third-order valence-electron chi connectivity index (χ3n) is 3.41. The van der Waals surface area contributed by atoms with Crippen LogP contribution in [0.1, 0.15) is 18.0 Å². The molecule has 3 rings (SSSR count). The highest BCUT2D eigenvalue weighted by Crippen LogP contribution is 2.26. The zero-order valence-corrected chi connectivity index (χ0v) is 15.1. The average Bonchev–Trinajstić information content (AvgIpc) is 3.11. The van der Waals surface area contributed by atoms with Gasteiger partial charge in [0.25, 0.3) is 0 Å². The minimum absolute atomic E-state index is 0.268. The lowest BCUT2D eigenvalue weighted by atomic mass is 10.3. The van der Waals surface area contributed by atoms with Crippen molar-refractivity contribution < 1.29 is 14.3 Å². The summed E-state index contributed by atoms with van der Waals surface area (Å²) in [5.74, 6) is 1.47. The number of aromatic nitrogens is 2. The van der Waals surface area contributed by atoms with E-state index < -0.39 is 6.03 Å². The van der Waals surface area contributed by atoms with E-state index in [1.54, 1.807) is 31.4 Å². The Morgan fingerprint density at radius 2 is 1.73 bits per heavy atom. The van der Waals surface area contributed by atoms with Crippen LogP contribution in [-0.2, 0) is 0 Å². The monoisotopic (exact) mass is 370 g/mol. The summed E-state index contributed by atoms with van der Waals surface area (Å²) >= 11 is 1.27. The van der Waals surface area contributed by atoms with Gasteiger partial charge in [-0.15, -0.1) is 10.2 Å². The second-order valence-corrected chi connectivity index (χ2v) is 6.34. The second-order valence-electron chi connectivity index (χ2n) is 5.33. The van der Waals surface area contributed by atoms with Gasteiger partial charge >= 0.3 is 6.03 Å². The average molecular weight is 370 g/mol. The van der Waals surface area contributed by atoms with Crippen LogP contribution in [0.25, 0.3) is 0 Å². The first kappa shape index (κ1) is 17.7. The van der Waals surface area contributed by atoms with Gasteiger partial charge in [-0.2, -0.15) is 0 Å². The van der Waals surface area contributed by atoms with Gasteiger partial charge in [0.15, 0.2) is 5.01 Å². The third kappa shape index (κ3) is 4.70. The number of carbonyl (C=O) groups excluding carboxylic acids is 1. The molecule has 0 unspecified atom stereocenters. The molecule has 1 aromatic heterocycles. The van der Waals surface area contributed by atoms with Gasteiger partial charge in [0, 0.05) is 5.69 Å². The fourth-order valence-electron chi connectivity index (χ4n) is 2.14. The Morgan fingerprint density at radius 3 is 2.42 bits per heavy atom. The molecule has 2 aromatic carbocycles. The van der Waals surface area contributed by atoms with Crippen molar-refractivity contribution in [2.75, 3.05) is 17.7 Å². The molecule has 0 aliphatic carbocycles. The normalized spacial score (nSPS) is 11.5. The van der Waals surface area contributed by atoms with Crippen LogP contribution in [0.5, 0.6) is 11.5 Å². The lowest BCUT2D eigenvalue weighted by Crippen LogP contribution is -2.19. The summed E-state index contributed by atoms with van der Waals surface area (Å²) in [6.07, 6.45) is -0.268. The number of ether oxygens (including phenoxy) is 2. The predicted octanol–water partition coefficient (Wildman–Crippen LogP) is 4.33. The highest BCUT2D eigenvalue weighted by atomic mass is 32.1. The first-order valence-electron chi connectivity index (χ1n) is 7.91. The van der Waals surface area contributed by atoms with Crippen molar-refractivity contribution in [1.29, 1.82) is 0 Å². The summed E-state index contributed by atoms with van der Waals surface area (Å²) in [4.78, 5) is 12.1. The maximum Gasteiger partial charge on any atom is 0.325 e. The van der Waals surface area contributed by atoms with E-state index in [0.29, 0.717) is 15.8 Å². The SMILES string of the molecule is COc1ccc(NC(=O)Nc2nnc([C@@H](C)Oc3ccccc3)s2)cc1. The van der Waals surface area contributed by atoms with Crippen molar-refractivity contribution in [2.24, 2.45) is 0 Å². The number of carbonyl (C=O) groups is 1. The van der Waals surface area contributed by atoms with Gasteiger partial charge in [-0.05, 0) is 43.3 Å². The van der Waals surface area contributed by atoms with E-state index in [4.69, 9.17) is 9.47 Å². The molecule has 0 aliphatic rings. The van der Waals surface area contributed by atoms with Gasteiger partial charge < -0.3 is 14.8 Å². The largest absolute Gasteiger partial charge is 0.497 e. The predicted molar refractivity (Wildman–Crippen MR) is 101 cm³/mol. The Balaban J connectivity index is 1.56. The van der Waals surface area contributed by atoms with Crippen LogP contribution >= 0.6 is 11.3 Å². The third-order valence-corrected chi connectivity index (χ3v) is 4.41. The molecular formula is C18H18N4O3S. The molecule has 26 heavy (non-hydrogen) atoms. The minimum atomic E-state index is -0.394. The van der Waals surface area contributed by atoms with Crippen molar-refractivity contribution in [3.63, 3.8) is 0 Å². The lowest BCUT2D eigenvalue weighted by molar-refractivity contribution is 0.225. The van der Waals surface area contributed by atoms with E-state index in [9.17, 15) is 4.79 Å². The number of amides is 2. The van der Waals surface area contributed by atoms with E-state index in [0.717, 1.165) is 11.5 Å². The number of para-hydroxylation sites is 1. The number of anilines is 2. The molecule has 0 saturated carbocycles. The van der Waals surface area contributed by atoms with E-state index in [-0.39, 0.29) is 6.10 Å². The van der Waals surface area contributed by atoms with Crippen LogP contribution in [0.15, 0.2) is 54.6 Å². The number of benzene rings is 2. The Bertz CT molecular complexity index is 852. The van der Waals surface area contributed by atoms with Crippen LogP contribution in [-0.4, -0.2) is 23.3 Å². The van der Waals surface area contributed by atoms with Gasteiger partial charge in [0.1, 0.15) is 17.6 Å². The summed E-state index contributed by atoms with van der Waals surface area (Å²) in [5.41, 5.74) is 0.647. The molecule has 3 aromatic rings. The van der Waals surface area contributed by atoms with Crippen LogP contribution in [0.3, 0.4) is 0 Å². The molecule has 0 aliphatic heterocycles. The van der Waals surface area contributed by atoms with Gasteiger partial charge in [0.2, 0.25) is 5.13 Å². The standard InChI is InChI=1S/C18H18N4O3S/c1-12(25-15-6-4-3-5-7-15)16-21-22-18(26-16)20-17(23)19-13-8-10-14(24-2)11-9-13/h3-12H,1-2H3,(H2,19,20,22,23)/t12-/m1/s1. The van der Waals surface area contributed by atoms with E-state index >= 15 is 0 Å². The summed E-state index contributed by atoms with van der Waals surface area (Å²) in [7, 11) is 1.59. The molecule has 1 heterocycles. The Labute approximate surface area is 155 Å². The number of rotatable bonds is 6. The van der Waals surface area contributed by atoms with Gasteiger partial charge in [-0.25, -0.2) is 4.79 Å². The van der Waals surface area contributed by atoms with Gasteiger partial charge in [0.05, 0.1) is 7.11 Å². The molecule has 0 fully saturated rings. The molecule has 8 heteroatoms. The number of methoxy groups -OCH3 is 1. The number of hydrogen-bond acceptors (Lipinski definition) is 6. The summed E-state index contributed by atoms with van der Waals surface area (Å²) in [6.45, 7) is 1.88. The fourth-order valence-corrected chi connectivity index (χ4v) is 2.86. The molecule has 7 nitrogen and oxygen atoms in total. The van der Waals surface area contributed by atoms with Crippen LogP contribution < -0.4 is 20.1 Å². The van der Waals surface area contributed by atoms with Crippen molar-refractivity contribution >= 4 is 28.2 Å².